The van der Waals surface area contributed by atoms with Crippen molar-refractivity contribution in [2.24, 2.45) is 34.5 Å². The third-order valence-corrected chi connectivity index (χ3v) is 7.61. The number of hydrogen-bond acceptors (Lipinski definition) is 3. The van der Waals surface area contributed by atoms with Gasteiger partial charge in [0.15, 0.2) is 6.10 Å². The Kier molecular flexibility index (Phi) is 3.42. The number of rotatable bonds is 4. The first-order chi connectivity index (χ1) is 12.1. The molecule has 7 atom stereocenters. The molecule has 152 valence electrons. The number of carbonyl (C=O) groups is 1. The molecular weight excluding hydrogens is 378 g/mol. The maximum absolute atomic E-state index is 13.6. The van der Waals surface area contributed by atoms with E-state index in [0.29, 0.717) is 0 Å². The van der Waals surface area contributed by atoms with Gasteiger partial charge in [-0.3, -0.25) is 0 Å². The standard InChI is InChI=1S/C18H20F6O3/c1-7(2)12(25)27-13(16(26,17(19,20)21)18(22,23)24)15-5-9-4-14(9,6-15)10-8(3)11(10)15/h8-11,13,26H,1,4-6H2,2-3H3. The molecule has 7 unspecified atom stereocenters. The fourth-order valence-electron chi connectivity index (χ4n) is 6.70. The summed E-state index contributed by atoms with van der Waals surface area (Å²) in [5.74, 6) is -1.71. The molecule has 0 heterocycles. The monoisotopic (exact) mass is 398 g/mol. The predicted molar refractivity (Wildman–Crippen MR) is 80.1 cm³/mol. The lowest BCUT2D eigenvalue weighted by molar-refractivity contribution is -0.402. The van der Waals surface area contributed by atoms with Crippen molar-refractivity contribution < 1.29 is 41.0 Å². The topological polar surface area (TPSA) is 46.5 Å². The minimum absolute atomic E-state index is 0.0389. The first-order valence-electron chi connectivity index (χ1n) is 8.86. The Morgan fingerprint density at radius 1 is 1.15 bits per heavy atom. The summed E-state index contributed by atoms with van der Waals surface area (Å²) >= 11 is 0. The van der Waals surface area contributed by atoms with Crippen LogP contribution in [-0.4, -0.2) is 35.1 Å². The van der Waals surface area contributed by atoms with Crippen LogP contribution in [0.5, 0.6) is 0 Å². The van der Waals surface area contributed by atoms with Gasteiger partial charge >= 0.3 is 18.3 Å². The SMILES string of the molecule is C=C(C)C(=O)OC(C12CC3CC3(C1)C1C(C)C12)C(O)(C(F)(F)F)C(F)(F)F. The van der Waals surface area contributed by atoms with Gasteiger partial charge in [0.1, 0.15) is 0 Å². The van der Waals surface area contributed by atoms with E-state index >= 15 is 0 Å². The van der Waals surface area contributed by atoms with Crippen LogP contribution in [0.4, 0.5) is 26.3 Å². The molecule has 0 amide bonds. The number of esters is 1. The second kappa shape index (κ2) is 4.83. The largest absolute Gasteiger partial charge is 0.455 e. The molecule has 4 saturated carbocycles. The first-order valence-corrected chi connectivity index (χ1v) is 8.86. The van der Waals surface area contributed by atoms with Crippen LogP contribution >= 0.6 is 0 Å². The summed E-state index contributed by atoms with van der Waals surface area (Å²) in [5, 5.41) is 10.1. The summed E-state index contributed by atoms with van der Waals surface area (Å²) < 4.78 is 86.6. The zero-order valence-electron chi connectivity index (χ0n) is 14.7. The maximum Gasteiger partial charge on any atom is 0.430 e. The summed E-state index contributed by atoms with van der Waals surface area (Å²) in [6.45, 7) is 6.20. The lowest BCUT2D eigenvalue weighted by Gasteiger charge is -2.47. The number of fused-ring (bicyclic) bond motifs is 3. The van der Waals surface area contributed by atoms with E-state index in [2.05, 4.69) is 6.58 Å². The Bertz CT molecular complexity index is 714. The third kappa shape index (κ3) is 2.07. The molecule has 0 saturated heterocycles. The zero-order valence-corrected chi connectivity index (χ0v) is 14.7. The van der Waals surface area contributed by atoms with E-state index in [4.69, 9.17) is 4.74 Å². The molecule has 2 bridgehead atoms. The summed E-state index contributed by atoms with van der Waals surface area (Å²) in [5.41, 5.74) is -7.20. The van der Waals surface area contributed by atoms with E-state index in [1.54, 1.807) is 0 Å². The van der Waals surface area contributed by atoms with Crippen LogP contribution in [0.1, 0.15) is 33.1 Å². The molecule has 4 aliphatic rings. The molecule has 0 radical (unpaired) electrons. The number of hydrogen-bond donors (Lipinski definition) is 1. The van der Waals surface area contributed by atoms with Crippen LogP contribution in [0.2, 0.25) is 0 Å². The van der Waals surface area contributed by atoms with Gasteiger partial charge in [-0.25, -0.2) is 4.79 Å². The minimum Gasteiger partial charge on any atom is -0.455 e. The van der Waals surface area contributed by atoms with Gasteiger partial charge in [0, 0.05) is 11.0 Å². The predicted octanol–water partition coefficient (Wildman–Crippen LogP) is 4.01. The van der Waals surface area contributed by atoms with E-state index in [-0.39, 0.29) is 41.6 Å². The molecule has 3 nitrogen and oxygen atoms in total. The molecule has 1 spiro atoms. The van der Waals surface area contributed by atoms with Crippen molar-refractivity contribution in [1.82, 2.24) is 0 Å². The lowest BCUT2D eigenvalue weighted by Crippen LogP contribution is -2.69. The van der Waals surface area contributed by atoms with Crippen molar-refractivity contribution >= 4 is 5.97 Å². The van der Waals surface area contributed by atoms with Gasteiger partial charge in [-0.1, -0.05) is 13.5 Å². The highest BCUT2D eigenvalue weighted by atomic mass is 19.4. The normalized spacial score (nSPS) is 43.0. The van der Waals surface area contributed by atoms with Crippen LogP contribution < -0.4 is 0 Å². The van der Waals surface area contributed by atoms with Crippen molar-refractivity contribution in [3.8, 4) is 0 Å². The van der Waals surface area contributed by atoms with Gasteiger partial charge in [0.25, 0.3) is 5.60 Å². The van der Waals surface area contributed by atoms with Gasteiger partial charge in [0.05, 0.1) is 0 Å². The highest BCUT2D eigenvalue weighted by Crippen LogP contribution is 2.92. The van der Waals surface area contributed by atoms with E-state index in [0.717, 1.165) is 13.3 Å². The molecule has 0 aromatic rings. The highest BCUT2D eigenvalue weighted by molar-refractivity contribution is 5.87. The van der Waals surface area contributed by atoms with Gasteiger partial charge in [0.2, 0.25) is 0 Å². The average molecular weight is 398 g/mol. The molecular formula is C18H20F6O3. The smallest absolute Gasteiger partial charge is 0.430 e. The van der Waals surface area contributed by atoms with Crippen molar-refractivity contribution in [2.75, 3.05) is 0 Å². The van der Waals surface area contributed by atoms with Crippen molar-refractivity contribution in [3.05, 3.63) is 12.2 Å². The molecule has 27 heavy (non-hydrogen) atoms. The molecule has 0 aromatic carbocycles. The molecule has 0 aromatic heterocycles. The van der Waals surface area contributed by atoms with Crippen molar-refractivity contribution in [1.29, 1.82) is 0 Å². The summed E-state index contributed by atoms with van der Waals surface area (Å²) in [7, 11) is 0. The second-order valence-electron chi connectivity index (χ2n) is 8.99. The molecule has 0 aliphatic heterocycles. The van der Waals surface area contributed by atoms with Gasteiger partial charge < -0.3 is 9.84 Å². The van der Waals surface area contributed by atoms with Crippen LogP contribution in [0.25, 0.3) is 0 Å². The summed E-state index contributed by atoms with van der Waals surface area (Å²) in [6.07, 6.45) is -13.8. The van der Waals surface area contributed by atoms with Crippen LogP contribution in [0.15, 0.2) is 12.2 Å². The van der Waals surface area contributed by atoms with Crippen LogP contribution in [0, 0.1) is 34.5 Å². The first kappa shape index (κ1) is 19.1. The zero-order chi connectivity index (χ0) is 20.4. The van der Waals surface area contributed by atoms with Crippen molar-refractivity contribution in [2.45, 2.75) is 57.2 Å². The number of carbonyl (C=O) groups excluding carboxylic acids is 1. The van der Waals surface area contributed by atoms with Crippen LogP contribution in [0.3, 0.4) is 0 Å². The Labute approximate surface area is 151 Å². The third-order valence-electron chi connectivity index (χ3n) is 7.61. The molecule has 1 N–H and O–H groups in total. The molecule has 4 fully saturated rings. The average Bonchev–Trinajstić information content (AvgIpc) is 3.32. The van der Waals surface area contributed by atoms with E-state index in [1.165, 1.54) is 0 Å². The van der Waals surface area contributed by atoms with Gasteiger partial charge in [-0.05, 0) is 55.3 Å². The second-order valence-corrected chi connectivity index (χ2v) is 8.99. The van der Waals surface area contributed by atoms with E-state index < -0.39 is 41.4 Å². The molecule has 4 aliphatic carbocycles. The van der Waals surface area contributed by atoms with Gasteiger partial charge in [-0.15, -0.1) is 0 Å². The Balaban J connectivity index is 1.84. The number of halogens is 6. The van der Waals surface area contributed by atoms with Crippen molar-refractivity contribution in [3.63, 3.8) is 0 Å². The summed E-state index contributed by atoms with van der Waals surface area (Å²) in [6, 6.07) is 0. The fraction of sp³-hybridized carbons (Fsp3) is 0.833. The molecule has 9 heteroatoms. The Morgan fingerprint density at radius 2 is 1.70 bits per heavy atom. The Morgan fingerprint density at radius 3 is 2.15 bits per heavy atom. The van der Waals surface area contributed by atoms with Gasteiger partial charge in [-0.2, -0.15) is 26.3 Å². The quantitative estimate of drug-likeness (QED) is 0.442. The Hall–Kier alpha value is -1.25. The lowest BCUT2D eigenvalue weighted by atomic mass is 9.67. The highest BCUT2D eigenvalue weighted by Gasteiger charge is 2.91. The van der Waals surface area contributed by atoms with Crippen LogP contribution in [-0.2, 0) is 9.53 Å². The summed E-state index contributed by atoms with van der Waals surface area (Å²) in [4.78, 5) is 12.0. The number of aliphatic hydroxyl groups is 1. The number of ether oxygens (including phenoxy) is 1. The van der Waals surface area contributed by atoms with E-state index in [1.807, 2.05) is 6.92 Å². The fourth-order valence-corrected chi connectivity index (χ4v) is 6.70. The minimum atomic E-state index is -6.05. The van der Waals surface area contributed by atoms with E-state index in [9.17, 15) is 36.2 Å². The molecule has 4 rings (SSSR count). The maximum atomic E-state index is 13.6. The number of alkyl halides is 6.